The Balaban J connectivity index is 1.50. The zero-order valence-corrected chi connectivity index (χ0v) is 20.1. The molecule has 0 fully saturated rings. The molecule has 0 spiro atoms. The lowest BCUT2D eigenvalue weighted by Crippen LogP contribution is -2.11. The molecule has 1 amide bonds. The number of benzene rings is 3. The summed E-state index contributed by atoms with van der Waals surface area (Å²) in [5, 5.41) is 13.8. The number of ether oxygens (including phenoxy) is 2. The number of carbonyl (C=O) groups excluding carboxylic acids is 1. The van der Waals surface area contributed by atoms with E-state index in [-0.39, 0.29) is 28.6 Å². The molecule has 0 bridgehead atoms. The highest BCUT2D eigenvalue weighted by atomic mass is 19.2. The number of anilines is 1. The molecule has 39 heavy (non-hydrogen) atoms. The number of halogens is 5. The second-order valence-electron chi connectivity index (χ2n) is 8.31. The van der Waals surface area contributed by atoms with Gasteiger partial charge in [0.05, 0.1) is 16.7 Å². The quantitative estimate of drug-likeness (QED) is 0.0827. The van der Waals surface area contributed by atoms with Crippen LogP contribution in [-0.4, -0.2) is 10.8 Å². The van der Waals surface area contributed by atoms with E-state index in [9.17, 15) is 36.9 Å². The fraction of sp³-hybridized carbons (Fsp3) is 0.115. The molecule has 202 valence electrons. The van der Waals surface area contributed by atoms with Gasteiger partial charge in [0.25, 0.3) is 11.6 Å². The molecule has 13 heteroatoms. The van der Waals surface area contributed by atoms with Crippen molar-refractivity contribution in [3.8, 4) is 17.2 Å². The van der Waals surface area contributed by atoms with Gasteiger partial charge in [-0.2, -0.15) is 8.78 Å². The lowest BCUT2D eigenvalue weighted by Gasteiger charge is -2.10. The minimum absolute atomic E-state index is 0.0100. The zero-order chi connectivity index (χ0) is 28.4. The number of furan rings is 1. The van der Waals surface area contributed by atoms with Gasteiger partial charge in [0.2, 0.25) is 29.1 Å². The first kappa shape index (κ1) is 27.1. The van der Waals surface area contributed by atoms with Gasteiger partial charge in [-0.05, 0) is 49.2 Å². The highest BCUT2D eigenvalue weighted by Gasteiger charge is 2.27. The summed E-state index contributed by atoms with van der Waals surface area (Å²) >= 11 is 0. The molecule has 0 aliphatic carbocycles. The third-order valence-electron chi connectivity index (χ3n) is 5.20. The highest BCUT2D eigenvalue weighted by molar-refractivity contribution is 6.02. The molecule has 1 aromatic heterocycles. The van der Waals surface area contributed by atoms with Gasteiger partial charge in [0, 0.05) is 12.1 Å². The largest absolute Gasteiger partial charge is 0.479 e. The van der Waals surface area contributed by atoms with Crippen molar-refractivity contribution in [3.05, 3.63) is 110 Å². The average Bonchev–Trinajstić information content (AvgIpc) is 3.35. The molecule has 3 aromatic carbocycles. The van der Waals surface area contributed by atoms with Crippen molar-refractivity contribution in [1.29, 1.82) is 0 Å². The number of rotatable bonds is 8. The maximum absolute atomic E-state index is 13.8. The van der Waals surface area contributed by atoms with Gasteiger partial charge in [0.15, 0.2) is 11.5 Å². The molecule has 0 saturated heterocycles. The number of aryl methyl sites for hydroxylation is 2. The minimum atomic E-state index is -2.34. The van der Waals surface area contributed by atoms with Crippen LogP contribution in [0.1, 0.15) is 27.4 Å². The van der Waals surface area contributed by atoms with Gasteiger partial charge >= 0.3 is 0 Å². The van der Waals surface area contributed by atoms with E-state index < -0.39 is 52.3 Å². The first-order chi connectivity index (χ1) is 18.4. The van der Waals surface area contributed by atoms with Crippen LogP contribution in [0.5, 0.6) is 17.2 Å². The molecule has 8 nitrogen and oxygen atoms in total. The molecule has 1 N–H and O–H groups in total. The van der Waals surface area contributed by atoms with E-state index in [4.69, 9.17) is 13.9 Å². The third kappa shape index (κ3) is 5.98. The average molecular weight is 548 g/mol. The summed E-state index contributed by atoms with van der Waals surface area (Å²) in [6, 6.07) is 11.3. The van der Waals surface area contributed by atoms with Gasteiger partial charge in [-0.25, -0.2) is 13.2 Å². The van der Waals surface area contributed by atoms with E-state index in [1.165, 1.54) is 18.2 Å². The van der Waals surface area contributed by atoms with Gasteiger partial charge in [0.1, 0.15) is 23.9 Å². The summed E-state index contributed by atoms with van der Waals surface area (Å²) in [5.74, 6) is -13.4. The number of hydrogen-bond donors (Lipinski definition) is 1. The maximum atomic E-state index is 13.8. The van der Waals surface area contributed by atoms with Gasteiger partial charge in [-0.15, -0.1) is 0 Å². The smallest absolute Gasteiger partial charge is 0.291 e. The van der Waals surface area contributed by atoms with Crippen LogP contribution in [0.2, 0.25) is 0 Å². The topological polar surface area (TPSA) is 104 Å². The van der Waals surface area contributed by atoms with Crippen LogP contribution in [-0.2, 0) is 6.61 Å². The molecular weight excluding hydrogens is 531 g/mol. The molecule has 0 saturated carbocycles. The fourth-order valence-corrected chi connectivity index (χ4v) is 3.57. The van der Waals surface area contributed by atoms with Gasteiger partial charge in [-0.1, -0.05) is 6.07 Å². The Morgan fingerprint density at radius 1 is 0.872 bits per heavy atom. The summed E-state index contributed by atoms with van der Waals surface area (Å²) in [4.78, 5) is 23.4. The number of amides is 1. The summed E-state index contributed by atoms with van der Waals surface area (Å²) in [6.07, 6.45) is 0. The Morgan fingerprint density at radius 3 is 2.08 bits per heavy atom. The second kappa shape index (κ2) is 10.8. The summed E-state index contributed by atoms with van der Waals surface area (Å²) in [6.45, 7) is 2.92. The van der Waals surface area contributed by atoms with Crippen LogP contribution in [0, 0.1) is 53.0 Å². The normalized spacial score (nSPS) is 10.8. The fourth-order valence-electron chi connectivity index (χ4n) is 3.57. The van der Waals surface area contributed by atoms with Gasteiger partial charge in [-0.3, -0.25) is 14.9 Å². The molecule has 0 radical (unpaired) electrons. The van der Waals surface area contributed by atoms with E-state index in [0.29, 0.717) is 5.75 Å². The summed E-state index contributed by atoms with van der Waals surface area (Å²) < 4.78 is 83.1. The van der Waals surface area contributed by atoms with E-state index >= 15 is 0 Å². The van der Waals surface area contributed by atoms with Crippen molar-refractivity contribution in [1.82, 2.24) is 0 Å². The van der Waals surface area contributed by atoms with E-state index in [0.717, 1.165) is 23.3 Å². The Bertz CT molecular complexity index is 1550. The van der Waals surface area contributed by atoms with Crippen molar-refractivity contribution >= 4 is 17.3 Å². The van der Waals surface area contributed by atoms with E-state index in [2.05, 4.69) is 5.32 Å². The molecule has 0 unspecified atom stereocenters. The lowest BCUT2D eigenvalue weighted by molar-refractivity contribution is -0.384. The predicted molar refractivity (Wildman–Crippen MR) is 126 cm³/mol. The number of nitrogens with zero attached hydrogens (tertiary/aromatic N) is 1. The Morgan fingerprint density at radius 2 is 1.46 bits per heavy atom. The second-order valence-corrected chi connectivity index (χ2v) is 8.31. The number of nitro groups is 1. The first-order valence-corrected chi connectivity index (χ1v) is 11.0. The van der Waals surface area contributed by atoms with Crippen LogP contribution in [0.25, 0.3) is 0 Å². The summed E-state index contributed by atoms with van der Waals surface area (Å²) in [7, 11) is 0. The third-order valence-corrected chi connectivity index (χ3v) is 5.20. The van der Waals surface area contributed by atoms with Gasteiger partial charge < -0.3 is 19.2 Å². The highest BCUT2D eigenvalue weighted by Crippen LogP contribution is 2.32. The van der Waals surface area contributed by atoms with E-state index in [1.807, 2.05) is 19.9 Å². The molecule has 4 aromatic rings. The van der Waals surface area contributed by atoms with Crippen LogP contribution >= 0.6 is 0 Å². The maximum Gasteiger partial charge on any atom is 0.291 e. The predicted octanol–water partition coefficient (Wildman–Crippen LogP) is 7.12. The molecule has 0 aliphatic rings. The number of nitrogens with one attached hydrogen (secondary N) is 1. The molecule has 0 aliphatic heterocycles. The molecular formula is C26H17F5N2O6. The number of carbonyl (C=O) groups is 1. The SMILES string of the molecule is Cc1cc(C)cc(Oc2cc(NC(=O)c3ccc(COc4c(F)c(F)c(F)c(F)c4F)o3)cc([N+](=O)[O-])c2)c1. The minimum Gasteiger partial charge on any atom is -0.479 e. The van der Waals surface area contributed by atoms with Crippen LogP contribution < -0.4 is 14.8 Å². The van der Waals surface area contributed by atoms with Crippen LogP contribution in [0.3, 0.4) is 0 Å². The van der Waals surface area contributed by atoms with Crippen molar-refractivity contribution in [2.75, 3.05) is 5.32 Å². The Labute approximate surface area is 216 Å². The Kier molecular flexibility index (Phi) is 7.51. The monoisotopic (exact) mass is 548 g/mol. The first-order valence-electron chi connectivity index (χ1n) is 11.0. The van der Waals surface area contributed by atoms with E-state index in [1.54, 1.807) is 12.1 Å². The van der Waals surface area contributed by atoms with Crippen LogP contribution in [0.15, 0.2) is 52.9 Å². The van der Waals surface area contributed by atoms with Crippen molar-refractivity contribution in [2.24, 2.45) is 0 Å². The molecule has 4 rings (SSSR count). The number of non-ortho nitro benzene ring substituents is 1. The van der Waals surface area contributed by atoms with Crippen molar-refractivity contribution in [3.63, 3.8) is 0 Å². The summed E-state index contributed by atoms with van der Waals surface area (Å²) in [5.41, 5.74) is 1.43. The zero-order valence-electron chi connectivity index (χ0n) is 20.1. The number of nitro benzene ring substituents is 1. The number of hydrogen-bond acceptors (Lipinski definition) is 6. The van der Waals surface area contributed by atoms with Crippen molar-refractivity contribution < 1.29 is 45.6 Å². The standard InChI is InChI=1S/C26H17F5N2O6/c1-12-5-13(2)7-17(6-12)38-18-9-14(8-15(10-18)33(35)36)32-26(34)19-4-3-16(39-19)11-37-25-23(30)21(28)20(27)22(29)24(25)31/h3-10H,11H2,1-2H3,(H,32,34). The Hall–Kier alpha value is -4.94. The van der Waals surface area contributed by atoms with Crippen molar-refractivity contribution in [2.45, 2.75) is 20.5 Å². The molecule has 0 atom stereocenters. The lowest BCUT2D eigenvalue weighted by atomic mass is 10.1. The molecule has 1 heterocycles. The van der Waals surface area contributed by atoms with Crippen LogP contribution in [0.4, 0.5) is 33.3 Å².